The van der Waals surface area contributed by atoms with Gasteiger partial charge in [-0.25, -0.2) is 4.79 Å². The minimum atomic E-state index is -0.906. The molecule has 3 unspecified atom stereocenters. The summed E-state index contributed by atoms with van der Waals surface area (Å²) in [6.45, 7) is 30.4. The van der Waals surface area contributed by atoms with Gasteiger partial charge in [-0.2, -0.15) is 0 Å². The van der Waals surface area contributed by atoms with Crippen molar-refractivity contribution in [3.05, 3.63) is 108 Å². The number of rotatable bonds is 15. The molecule has 3 aromatic carbocycles. The van der Waals surface area contributed by atoms with Crippen LogP contribution in [-0.2, 0) is 43.2 Å². The molecule has 8 nitrogen and oxygen atoms in total. The summed E-state index contributed by atoms with van der Waals surface area (Å²) in [6, 6.07) is 28.8. The molecule has 0 radical (unpaired) electrons. The average molecular weight is 825 g/mol. The lowest BCUT2D eigenvalue weighted by Crippen LogP contribution is -2.30. The Morgan fingerprint density at radius 1 is 0.508 bits per heavy atom. The van der Waals surface area contributed by atoms with Gasteiger partial charge in [0.2, 0.25) is 0 Å². The van der Waals surface area contributed by atoms with Crippen LogP contribution < -0.4 is 0 Å². The Labute approximate surface area is 360 Å². The number of aliphatic carboxylic acids is 3. The highest BCUT2D eigenvalue weighted by atomic mass is 16.5. The lowest BCUT2D eigenvalue weighted by Gasteiger charge is -2.21. The fourth-order valence-corrected chi connectivity index (χ4v) is 4.89. The lowest BCUT2D eigenvalue weighted by molar-refractivity contribution is -0.152. The minimum Gasteiger partial charge on any atom is -0.481 e. The van der Waals surface area contributed by atoms with Gasteiger partial charge in [-0.15, -0.1) is 0 Å². The summed E-state index contributed by atoms with van der Waals surface area (Å²) in [5, 5.41) is 27.5. The number of carbonyl (C=O) groups is 4. The van der Waals surface area contributed by atoms with Gasteiger partial charge in [-0.3, -0.25) is 14.4 Å². The molecule has 0 bridgehead atoms. The van der Waals surface area contributed by atoms with E-state index in [1.54, 1.807) is 0 Å². The number of benzene rings is 3. The standard InChI is InChI=1S/C15H20O3.C15H22O2.C14H20O3.3C2H6.CH4/c1-15(2,3)13(16)10-12(14(17)18)9-11-7-5-4-6-8-11;1-15(2,3)10-9-13(14(16)17)11-12-7-5-4-6-8-12;1-14(2,3)10-17-12(13(15)16)9-11-7-5-4-6-8-11;3*1-2;/h4-8,12H,9-10H2,1-3H3,(H,17,18);4-8,13H,9-11H2,1-3H3,(H,16,17);4-8,12H,9-10H2,1-3H3,(H,15,16);3*1-2H3;1H4. The topological polar surface area (TPSA) is 138 Å². The van der Waals surface area contributed by atoms with Crippen LogP contribution in [0, 0.1) is 28.1 Å². The van der Waals surface area contributed by atoms with Crippen molar-refractivity contribution in [3.8, 4) is 0 Å². The molecular formula is C51H84O8. The van der Waals surface area contributed by atoms with Crippen molar-refractivity contribution < 1.29 is 39.2 Å². The summed E-state index contributed by atoms with van der Waals surface area (Å²) >= 11 is 0. The molecule has 0 aliphatic heterocycles. The Kier molecular flexibility index (Phi) is 34.9. The van der Waals surface area contributed by atoms with Crippen LogP contribution in [-0.4, -0.2) is 51.7 Å². The fourth-order valence-electron chi connectivity index (χ4n) is 4.89. The normalized spacial score (nSPS) is 12.0. The van der Waals surface area contributed by atoms with Crippen molar-refractivity contribution in [2.75, 3.05) is 6.61 Å². The highest BCUT2D eigenvalue weighted by Crippen LogP contribution is 2.26. The van der Waals surface area contributed by atoms with Gasteiger partial charge in [0, 0.05) is 18.3 Å². The van der Waals surface area contributed by atoms with Crippen LogP contribution in [0.3, 0.4) is 0 Å². The molecular weight excluding hydrogens is 741 g/mol. The third kappa shape index (κ3) is 33.3. The predicted octanol–water partition coefficient (Wildman–Crippen LogP) is 13.2. The smallest absolute Gasteiger partial charge is 0.333 e. The predicted molar refractivity (Wildman–Crippen MR) is 248 cm³/mol. The maximum absolute atomic E-state index is 11.9. The summed E-state index contributed by atoms with van der Waals surface area (Å²) in [6.07, 6.45) is 2.45. The molecule has 3 aromatic rings. The molecule has 0 fully saturated rings. The molecule has 3 N–H and O–H groups in total. The summed E-state index contributed by atoms with van der Waals surface area (Å²) in [5.74, 6) is -3.41. The van der Waals surface area contributed by atoms with E-state index in [1.807, 2.05) is 174 Å². The van der Waals surface area contributed by atoms with E-state index in [0.717, 1.165) is 29.5 Å². The molecule has 59 heavy (non-hydrogen) atoms. The van der Waals surface area contributed by atoms with Gasteiger partial charge < -0.3 is 20.1 Å². The molecule has 3 rings (SSSR count). The first-order chi connectivity index (χ1) is 27.1. The van der Waals surface area contributed by atoms with Crippen molar-refractivity contribution >= 4 is 23.7 Å². The second-order valence-corrected chi connectivity index (χ2v) is 16.8. The second-order valence-electron chi connectivity index (χ2n) is 16.8. The summed E-state index contributed by atoms with van der Waals surface area (Å²) < 4.78 is 5.47. The molecule has 0 amide bonds. The van der Waals surface area contributed by atoms with Gasteiger partial charge in [0.05, 0.1) is 18.4 Å². The number of hydrogen-bond donors (Lipinski definition) is 3. The van der Waals surface area contributed by atoms with Crippen LogP contribution in [0.4, 0.5) is 0 Å². The highest BCUT2D eigenvalue weighted by molar-refractivity contribution is 5.87. The van der Waals surface area contributed by atoms with Crippen LogP contribution >= 0.6 is 0 Å². The van der Waals surface area contributed by atoms with E-state index in [0.29, 0.717) is 25.9 Å². The summed E-state index contributed by atoms with van der Waals surface area (Å²) in [5.41, 5.74) is 2.73. The maximum atomic E-state index is 11.9. The van der Waals surface area contributed by atoms with E-state index >= 15 is 0 Å². The Morgan fingerprint density at radius 3 is 1.14 bits per heavy atom. The van der Waals surface area contributed by atoms with Crippen LogP contribution in [0.2, 0.25) is 0 Å². The number of carboxylic acids is 3. The number of hydrogen-bond acceptors (Lipinski definition) is 5. The van der Waals surface area contributed by atoms with E-state index in [1.165, 1.54) is 0 Å². The minimum absolute atomic E-state index is 0. The SMILES string of the molecule is C.CC.CC.CC.CC(C)(C)C(=O)CC(Cc1ccccc1)C(=O)O.CC(C)(C)CCC(Cc1ccccc1)C(=O)O.CC(C)(C)COC(Cc1ccccc1)C(=O)O. The van der Waals surface area contributed by atoms with Crippen LogP contribution in [0.1, 0.15) is 147 Å². The molecule has 336 valence electrons. The van der Waals surface area contributed by atoms with Gasteiger partial charge in [0.15, 0.2) is 6.10 Å². The first kappa shape index (κ1) is 61.4. The van der Waals surface area contributed by atoms with E-state index in [4.69, 9.17) is 9.84 Å². The van der Waals surface area contributed by atoms with Crippen LogP contribution in [0.5, 0.6) is 0 Å². The zero-order valence-electron chi connectivity index (χ0n) is 38.7. The number of carbonyl (C=O) groups excluding carboxylic acids is 1. The molecule has 0 saturated heterocycles. The number of ether oxygens (including phenoxy) is 1. The van der Waals surface area contributed by atoms with Crippen LogP contribution in [0.15, 0.2) is 91.0 Å². The summed E-state index contributed by atoms with van der Waals surface area (Å²) in [7, 11) is 0. The van der Waals surface area contributed by atoms with Gasteiger partial charge in [0.1, 0.15) is 5.78 Å². The van der Waals surface area contributed by atoms with Crippen molar-refractivity contribution in [2.45, 2.75) is 156 Å². The van der Waals surface area contributed by atoms with Crippen molar-refractivity contribution in [3.63, 3.8) is 0 Å². The van der Waals surface area contributed by atoms with Gasteiger partial charge >= 0.3 is 17.9 Å². The molecule has 0 aliphatic rings. The average Bonchev–Trinajstić information content (AvgIpc) is 3.17. The third-order valence-electron chi connectivity index (χ3n) is 8.12. The van der Waals surface area contributed by atoms with Gasteiger partial charge in [-0.05, 0) is 53.2 Å². The molecule has 8 heteroatoms. The van der Waals surface area contributed by atoms with Gasteiger partial charge in [-0.1, -0.05) is 202 Å². The van der Waals surface area contributed by atoms with Gasteiger partial charge in [0.25, 0.3) is 0 Å². The Balaban J connectivity index is -0.000000358. The first-order valence-electron chi connectivity index (χ1n) is 21.0. The first-order valence-corrected chi connectivity index (χ1v) is 21.0. The quantitative estimate of drug-likeness (QED) is 0.138. The zero-order chi connectivity index (χ0) is 45.5. The summed E-state index contributed by atoms with van der Waals surface area (Å²) in [4.78, 5) is 45.4. The Hall–Kier alpha value is -4.30. The Morgan fingerprint density at radius 2 is 0.847 bits per heavy atom. The lowest BCUT2D eigenvalue weighted by atomic mass is 9.83. The second kappa shape index (κ2) is 33.5. The monoisotopic (exact) mass is 825 g/mol. The molecule has 0 aromatic heterocycles. The van der Waals surface area contributed by atoms with Crippen LogP contribution in [0.25, 0.3) is 0 Å². The van der Waals surface area contributed by atoms with E-state index in [9.17, 15) is 29.4 Å². The van der Waals surface area contributed by atoms with Crippen molar-refractivity contribution in [2.24, 2.45) is 28.1 Å². The van der Waals surface area contributed by atoms with Crippen molar-refractivity contribution in [1.29, 1.82) is 0 Å². The Bertz CT molecular complexity index is 1410. The molecule has 0 spiro atoms. The highest BCUT2D eigenvalue weighted by Gasteiger charge is 2.28. The zero-order valence-corrected chi connectivity index (χ0v) is 38.7. The molecule has 3 atom stereocenters. The van der Waals surface area contributed by atoms with E-state index in [2.05, 4.69) is 20.8 Å². The largest absolute Gasteiger partial charge is 0.481 e. The molecule has 0 heterocycles. The third-order valence-corrected chi connectivity index (χ3v) is 8.12. The number of ketones is 1. The van der Waals surface area contributed by atoms with E-state index < -0.39 is 35.3 Å². The fraction of sp³-hybridized carbons (Fsp3) is 0.569. The van der Waals surface area contributed by atoms with Crippen molar-refractivity contribution in [1.82, 2.24) is 0 Å². The maximum Gasteiger partial charge on any atom is 0.333 e. The molecule has 0 aliphatic carbocycles. The number of carboxylic acid groups (broad SMARTS) is 3. The van der Waals surface area contributed by atoms with E-state index in [-0.39, 0.29) is 36.4 Å². The molecule has 0 saturated carbocycles. The number of Topliss-reactive ketones (excluding diaryl/α,β-unsaturated/α-hetero) is 1.